The summed E-state index contributed by atoms with van der Waals surface area (Å²) in [5.41, 5.74) is 4.20. The molecule has 3 aromatic carbocycles. The first-order valence-corrected chi connectivity index (χ1v) is 10.4. The summed E-state index contributed by atoms with van der Waals surface area (Å²) in [6, 6.07) is 28.6. The highest BCUT2D eigenvalue weighted by atomic mass is 35.5. The van der Waals surface area contributed by atoms with Crippen molar-refractivity contribution in [3.05, 3.63) is 102 Å². The molecule has 0 saturated carbocycles. The van der Waals surface area contributed by atoms with Gasteiger partial charge in [-0.15, -0.1) is 0 Å². The van der Waals surface area contributed by atoms with Crippen molar-refractivity contribution in [1.82, 2.24) is 4.90 Å². The fourth-order valence-corrected chi connectivity index (χ4v) is 3.54. The number of hydrogen-bond acceptors (Lipinski definition) is 2. The molecule has 0 fully saturated rings. The Morgan fingerprint density at radius 1 is 0.724 bits per heavy atom. The van der Waals surface area contributed by atoms with Crippen molar-refractivity contribution in [2.75, 3.05) is 27.2 Å². The van der Waals surface area contributed by atoms with Crippen LogP contribution < -0.4 is 4.74 Å². The number of ether oxygens (including phenoxy) is 1. The Balaban J connectivity index is 1.80. The van der Waals surface area contributed by atoms with Crippen LogP contribution in [0.25, 0.3) is 10.6 Å². The molecule has 3 rings (SSSR count). The molecular formula is C26H28ClNO. The van der Waals surface area contributed by atoms with Crippen LogP contribution in [0.15, 0.2) is 84.9 Å². The van der Waals surface area contributed by atoms with Crippen LogP contribution in [0.3, 0.4) is 0 Å². The molecular weight excluding hydrogens is 378 g/mol. The zero-order valence-electron chi connectivity index (χ0n) is 17.1. The minimum Gasteiger partial charge on any atom is -0.494 e. The van der Waals surface area contributed by atoms with E-state index in [9.17, 15) is 0 Å². The van der Waals surface area contributed by atoms with Crippen molar-refractivity contribution in [2.45, 2.75) is 12.8 Å². The van der Waals surface area contributed by atoms with Crippen LogP contribution in [0, 0.1) is 0 Å². The standard InChI is InChI=1S/C26H28ClNO/c1-28(2)19-9-10-20-29-24-17-15-22(16-18-24)25(21-11-5-3-6-12-21)26(27)23-13-7-4-8-14-23/h3-8,11-18H,9-10,19-20H2,1-2H3/b26-25-. The van der Waals surface area contributed by atoms with E-state index >= 15 is 0 Å². The molecule has 0 radical (unpaired) electrons. The third kappa shape index (κ3) is 6.22. The van der Waals surface area contributed by atoms with E-state index in [-0.39, 0.29) is 0 Å². The van der Waals surface area contributed by atoms with Gasteiger partial charge in [0.1, 0.15) is 5.75 Å². The van der Waals surface area contributed by atoms with E-state index in [1.807, 2.05) is 60.7 Å². The Bertz CT molecular complexity index is 902. The SMILES string of the molecule is CN(C)CCCCOc1ccc(/C(=C(\Cl)c2ccccc2)c2ccccc2)cc1. The van der Waals surface area contributed by atoms with Gasteiger partial charge in [-0.1, -0.05) is 84.4 Å². The van der Waals surface area contributed by atoms with Crippen LogP contribution >= 0.6 is 11.6 Å². The predicted octanol–water partition coefficient (Wildman–Crippen LogP) is 6.56. The van der Waals surface area contributed by atoms with E-state index in [4.69, 9.17) is 16.3 Å². The van der Waals surface area contributed by atoms with Crippen molar-refractivity contribution >= 4 is 22.2 Å². The maximum Gasteiger partial charge on any atom is 0.119 e. The van der Waals surface area contributed by atoms with Gasteiger partial charge in [-0.3, -0.25) is 0 Å². The van der Waals surface area contributed by atoms with Crippen molar-refractivity contribution in [2.24, 2.45) is 0 Å². The molecule has 3 heteroatoms. The van der Waals surface area contributed by atoms with Gasteiger partial charge in [0.05, 0.1) is 11.6 Å². The summed E-state index contributed by atoms with van der Waals surface area (Å²) in [6.45, 7) is 1.82. The molecule has 0 aliphatic rings. The van der Waals surface area contributed by atoms with Gasteiger partial charge in [-0.2, -0.15) is 0 Å². The summed E-state index contributed by atoms with van der Waals surface area (Å²) >= 11 is 6.87. The zero-order chi connectivity index (χ0) is 20.5. The lowest BCUT2D eigenvalue weighted by Gasteiger charge is -2.14. The molecule has 0 aliphatic heterocycles. The summed E-state index contributed by atoms with van der Waals surface area (Å²) in [6.07, 6.45) is 2.19. The highest BCUT2D eigenvalue weighted by Gasteiger charge is 2.12. The van der Waals surface area contributed by atoms with Crippen LogP contribution in [0.1, 0.15) is 29.5 Å². The quantitative estimate of drug-likeness (QED) is 0.295. The third-order valence-corrected chi connectivity index (χ3v) is 5.13. The number of halogens is 1. The second-order valence-corrected chi connectivity index (χ2v) is 7.68. The average molecular weight is 406 g/mol. The van der Waals surface area contributed by atoms with Crippen molar-refractivity contribution in [3.63, 3.8) is 0 Å². The van der Waals surface area contributed by atoms with Crippen LogP contribution in [-0.4, -0.2) is 32.1 Å². The Morgan fingerprint density at radius 2 is 1.28 bits per heavy atom. The molecule has 2 nitrogen and oxygen atoms in total. The van der Waals surface area contributed by atoms with Gasteiger partial charge in [0.2, 0.25) is 0 Å². The first-order valence-electron chi connectivity index (χ1n) is 10.0. The van der Waals surface area contributed by atoms with Crippen LogP contribution in [-0.2, 0) is 0 Å². The molecule has 0 unspecified atom stereocenters. The number of hydrogen-bond donors (Lipinski definition) is 0. The molecule has 0 saturated heterocycles. The minimum atomic E-state index is 0.735. The van der Waals surface area contributed by atoms with E-state index < -0.39 is 0 Å². The fraction of sp³-hybridized carbons (Fsp3) is 0.231. The monoisotopic (exact) mass is 405 g/mol. The largest absolute Gasteiger partial charge is 0.494 e. The molecule has 0 bridgehead atoms. The van der Waals surface area contributed by atoms with E-state index in [0.29, 0.717) is 0 Å². The Labute approximate surface area is 179 Å². The topological polar surface area (TPSA) is 12.5 Å². The van der Waals surface area contributed by atoms with E-state index in [1.54, 1.807) is 0 Å². The maximum atomic E-state index is 6.87. The normalized spacial score (nSPS) is 12.0. The molecule has 0 amide bonds. The van der Waals surface area contributed by atoms with E-state index in [2.05, 4.69) is 43.3 Å². The first-order chi connectivity index (χ1) is 14.1. The van der Waals surface area contributed by atoms with Gasteiger partial charge in [-0.05, 0) is 62.3 Å². The van der Waals surface area contributed by atoms with Gasteiger partial charge in [0.15, 0.2) is 0 Å². The Hall–Kier alpha value is -2.55. The van der Waals surface area contributed by atoms with Gasteiger partial charge in [0.25, 0.3) is 0 Å². The van der Waals surface area contributed by atoms with Crippen LogP contribution in [0.5, 0.6) is 5.75 Å². The zero-order valence-corrected chi connectivity index (χ0v) is 17.9. The van der Waals surface area contributed by atoms with Crippen LogP contribution in [0.2, 0.25) is 0 Å². The summed E-state index contributed by atoms with van der Waals surface area (Å²) in [7, 11) is 4.19. The second kappa shape index (κ2) is 10.8. The molecule has 0 heterocycles. The summed E-state index contributed by atoms with van der Waals surface area (Å²) < 4.78 is 5.91. The van der Waals surface area contributed by atoms with Crippen molar-refractivity contribution in [1.29, 1.82) is 0 Å². The number of benzene rings is 3. The lowest BCUT2D eigenvalue weighted by Crippen LogP contribution is -2.13. The first kappa shape index (κ1) is 21.2. The smallest absolute Gasteiger partial charge is 0.119 e. The summed E-state index contributed by atoms with van der Waals surface area (Å²) in [5, 5.41) is 0.745. The highest BCUT2D eigenvalue weighted by Crippen LogP contribution is 2.35. The Kier molecular flexibility index (Phi) is 7.92. The Morgan fingerprint density at radius 3 is 1.86 bits per heavy atom. The summed E-state index contributed by atoms with van der Waals surface area (Å²) in [5.74, 6) is 0.891. The molecule has 150 valence electrons. The maximum absolute atomic E-state index is 6.87. The fourth-order valence-electron chi connectivity index (χ4n) is 3.19. The van der Waals surface area contributed by atoms with Gasteiger partial charge < -0.3 is 9.64 Å². The predicted molar refractivity (Wildman–Crippen MR) is 124 cm³/mol. The number of unbranched alkanes of at least 4 members (excludes halogenated alkanes) is 1. The van der Waals surface area contributed by atoms with Crippen molar-refractivity contribution in [3.8, 4) is 5.75 Å². The van der Waals surface area contributed by atoms with E-state index in [1.165, 1.54) is 0 Å². The molecule has 3 aromatic rings. The lowest BCUT2D eigenvalue weighted by molar-refractivity contribution is 0.293. The third-order valence-electron chi connectivity index (χ3n) is 4.72. The highest BCUT2D eigenvalue weighted by molar-refractivity contribution is 6.53. The summed E-state index contributed by atoms with van der Waals surface area (Å²) in [4.78, 5) is 2.20. The van der Waals surface area contributed by atoms with Gasteiger partial charge in [-0.25, -0.2) is 0 Å². The molecule has 0 N–H and O–H groups in total. The second-order valence-electron chi connectivity index (χ2n) is 7.30. The molecule has 29 heavy (non-hydrogen) atoms. The van der Waals surface area contributed by atoms with Gasteiger partial charge in [0, 0.05) is 5.57 Å². The van der Waals surface area contributed by atoms with Gasteiger partial charge >= 0.3 is 0 Å². The minimum absolute atomic E-state index is 0.735. The lowest BCUT2D eigenvalue weighted by atomic mass is 9.95. The number of rotatable bonds is 9. The van der Waals surface area contributed by atoms with Crippen molar-refractivity contribution < 1.29 is 4.74 Å². The van der Waals surface area contributed by atoms with Crippen LogP contribution in [0.4, 0.5) is 0 Å². The molecule has 0 aliphatic carbocycles. The molecule has 0 atom stereocenters. The molecule has 0 spiro atoms. The van der Waals surface area contributed by atoms with E-state index in [0.717, 1.165) is 59.0 Å². The average Bonchev–Trinajstić information content (AvgIpc) is 2.76. The molecule has 0 aromatic heterocycles. The number of nitrogens with zero attached hydrogens (tertiary/aromatic N) is 1.